The van der Waals surface area contributed by atoms with Crippen LogP contribution >= 0.6 is 0 Å². The molecule has 1 fully saturated rings. The van der Waals surface area contributed by atoms with Crippen molar-refractivity contribution < 1.29 is 19.1 Å². The van der Waals surface area contributed by atoms with E-state index in [4.69, 9.17) is 10.5 Å². The van der Waals surface area contributed by atoms with Crippen LogP contribution in [0.2, 0.25) is 0 Å². The maximum Gasteiger partial charge on any atom is 0.265 e. The fourth-order valence-corrected chi connectivity index (χ4v) is 3.42. The lowest BCUT2D eigenvalue weighted by molar-refractivity contribution is -0.123. The first-order valence-electron chi connectivity index (χ1n) is 10.3. The summed E-state index contributed by atoms with van der Waals surface area (Å²) in [4.78, 5) is 38.0. The number of ether oxygens (including phenoxy) is 1. The molecule has 158 valence electrons. The van der Waals surface area contributed by atoms with Crippen molar-refractivity contribution >= 4 is 29.1 Å². The number of benzene rings is 2. The van der Waals surface area contributed by atoms with Crippen LogP contribution in [0.3, 0.4) is 0 Å². The highest BCUT2D eigenvalue weighted by Gasteiger charge is 2.22. The predicted molar refractivity (Wildman–Crippen MR) is 116 cm³/mol. The number of nitrogens with one attached hydrogen (secondary N) is 1. The minimum Gasteiger partial charge on any atom is -0.481 e. The Labute approximate surface area is 176 Å². The van der Waals surface area contributed by atoms with Gasteiger partial charge in [-0.05, 0) is 61.7 Å². The molecule has 3 N–H and O–H groups in total. The van der Waals surface area contributed by atoms with Crippen molar-refractivity contribution in [2.24, 2.45) is 5.73 Å². The Morgan fingerprint density at radius 1 is 1.17 bits per heavy atom. The van der Waals surface area contributed by atoms with Crippen molar-refractivity contribution in [1.82, 2.24) is 0 Å². The zero-order chi connectivity index (χ0) is 21.5. The van der Waals surface area contributed by atoms with Crippen molar-refractivity contribution in [1.29, 1.82) is 0 Å². The van der Waals surface area contributed by atoms with Crippen molar-refractivity contribution in [2.75, 3.05) is 16.8 Å². The molecule has 0 aromatic heterocycles. The third kappa shape index (κ3) is 5.37. The smallest absolute Gasteiger partial charge is 0.265 e. The van der Waals surface area contributed by atoms with Gasteiger partial charge < -0.3 is 20.7 Å². The first kappa shape index (κ1) is 21.4. The lowest BCUT2D eigenvalue weighted by atomic mass is 10.1. The molecular weight excluding hydrogens is 382 g/mol. The van der Waals surface area contributed by atoms with Gasteiger partial charge in [0.1, 0.15) is 5.75 Å². The Bertz CT molecular complexity index is 911. The molecule has 0 saturated carbocycles. The summed E-state index contributed by atoms with van der Waals surface area (Å²) >= 11 is 0. The van der Waals surface area contributed by atoms with E-state index in [1.165, 1.54) is 6.07 Å². The summed E-state index contributed by atoms with van der Waals surface area (Å²) in [6, 6.07) is 13.7. The van der Waals surface area contributed by atoms with Gasteiger partial charge in [0.25, 0.3) is 5.91 Å². The number of rotatable bonds is 8. The Morgan fingerprint density at radius 3 is 2.60 bits per heavy atom. The number of amides is 3. The highest BCUT2D eigenvalue weighted by atomic mass is 16.5. The Morgan fingerprint density at radius 2 is 1.93 bits per heavy atom. The molecule has 7 nitrogen and oxygen atoms in total. The number of carbonyl (C=O) groups is 3. The van der Waals surface area contributed by atoms with Crippen molar-refractivity contribution in [3.8, 4) is 5.75 Å². The van der Waals surface area contributed by atoms with E-state index in [9.17, 15) is 14.4 Å². The van der Waals surface area contributed by atoms with Gasteiger partial charge in [0.15, 0.2) is 6.10 Å². The first-order valence-corrected chi connectivity index (χ1v) is 10.3. The molecule has 1 atom stereocenters. The average molecular weight is 409 g/mol. The number of primary amides is 1. The predicted octanol–water partition coefficient (Wildman–Crippen LogP) is 3.49. The molecule has 3 rings (SSSR count). The number of anilines is 2. The van der Waals surface area contributed by atoms with Gasteiger partial charge in [0, 0.05) is 29.9 Å². The molecule has 1 aliphatic heterocycles. The van der Waals surface area contributed by atoms with E-state index in [1.54, 1.807) is 35.2 Å². The average Bonchev–Trinajstić information content (AvgIpc) is 2.74. The number of piperidine rings is 1. The minimum absolute atomic E-state index is 0.132. The fourth-order valence-electron chi connectivity index (χ4n) is 3.42. The molecule has 0 radical (unpaired) electrons. The fraction of sp³-hybridized carbons (Fsp3) is 0.348. The first-order chi connectivity index (χ1) is 14.5. The van der Waals surface area contributed by atoms with E-state index in [0.29, 0.717) is 29.8 Å². The topological polar surface area (TPSA) is 102 Å². The number of carbonyl (C=O) groups excluding carboxylic acids is 3. The number of nitrogens with two attached hydrogens (primary N) is 1. The summed E-state index contributed by atoms with van der Waals surface area (Å²) in [5.74, 6) is -0.279. The van der Waals surface area contributed by atoms with E-state index in [2.05, 4.69) is 5.32 Å². The molecule has 3 amide bonds. The van der Waals surface area contributed by atoms with Crippen LogP contribution in [0.15, 0.2) is 48.5 Å². The van der Waals surface area contributed by atoms with Crippen LogP contribution in [0.25, 0.3) is 0 Å². The maximum absolute atomic E-state index is 12.8. The van der Waals surface area contributed by atoms with Gasteiger partial charge in [0.05, 0.1) is 0 Å². The van der Waals surface area contributed by atoms with E-state index in [0.717, 1.165) is 31.5 Å². The molecule has 2 aromatic carbocycles. The van der Waals surface area contributed by atoms with Gasteiger partial charge in [-0.1, -0.05) is 19.4 Å². The highest BCUT2D eigenvalue weighted by molar-refractivity contribution is 5.96. The summed E-state index contributed by atoms with van der Waals surface area (Å²) in [5.41, 5.74) is 7.10. The van der Waals surface area contributed by atoms with Gasteiger partial charge in [0.2, 0.25) is 11.8 Å². The molecule has 1 aliphatic rings. The quantitative estimate of drug-likeness (QED) is 0.697. The summed E-state index contributed by atoms with van der Waals surface area (Å²) in [5, 5.41) is 2.87. The Kier molecular flexibility index (Phi) is 7.06. The molecule has 0 bridgehead atoms. The largest absolute Gasteiger partial charge is 0.481 e. The van der Waals surface area contributed by atoms with Crippen molar-refractivity contribution in [3.63, 3.8) is 0 Å². The van der Waals surface area contributed by atoms with Gasteiger partial charge in [-0.25, -0.2) is 0 Å². The Balaban J connectivity index is 1.66. The molecule has 30 heavy (non-hydrogen) atoms. The maximum atomic E-state index is 12.8. The monoisotopic (exact) mass is 409 g/mol. The summed E-state index contributed by atoms with van der Waals surface area (Å²) in [7, 11) is 0. The zero-order valence-electron chi connectivity index (χ0n) is 17.1. The van der Waals surface area contributed by atoms with Crippen LogP contribution < -0.4 is 20.7 Å². The SMILES string of the molecule is CCCC(Oc1cccc(C(N)=O)c1)C(=O)Nc1ccc(N2CCCCC2=O)cc1. The van der Waals surface area contributed by atoms with Crippen LogP contribution in [-0.2, 0) is 9.59 Å². The highest BCUT2D eigenvalue weighted by Crippen LogP contribution is 2.23. The number of hydrogen-bond donors (Lipinski definition) is 2. The molecule has 0 aliphatic carbocycles. The van der Waals surface area contributed by atoms with Gasteiger partial charge in [-0.3, -0.25) is 14.4 Å². The van der Waals surface area contributed by atoms with E-state index < -0.39 is 12.0 Å². The minimum atomic E-state index is -0.707. The van der Waals surface area contributed by atoms with Crippen molar-refractivity contribution in [2.45, 2.75) is 45.1 Å². The van der Waals surface area contributed by atoms with E-state index in [1.807, 2.05) is 19.1 Å². The van der Waals surface area contributed by atoms with Crippen LogP contribution in [0.5, 0.6) is 5.75 Å². The lowest BCUT2D eigenvalue weighted by Crippen LogP contribution is -2.35. The van der Waals surface area contributed by atoms with Crippen LogP contribution in [-0.4, -0.2) is 30.4 Å². The number of hydrogen-bond acceptors (Lipinski definition) is 4. The summed E-state index contributed by atoms with van der Waals surface area (Å²) in [6.07, 6.45) is 3.07. The summed E-state index contributed by atoms with van der Waals surface area (Å²) in [6.45, 7) is 2.69. The van der Waals surface area contributed by atoms with Crippen LogP contribution in [0, 0.1) is 0 Å². The third-order valence-corrected chi connectivity index (χ3v) is 5.01. The van der Waals surface area contributed by atoms with Crippen molar-refractivity contribution in [3.05, 3.63) is 54.1 Å². The van der Waals surface area contributed by atoms with Gasteiger partial charge >= 0.3 is 0 Å². The lowest BCUT2D eigenvalue weighted by Gasteiger charge is -2.27. The second-order valence-electron chi connectivity index (χ2n) is 7.33. The number of nitrogens with zero attached hydrogens (tertiary/aromatic N) is 1. The van der Waals surface area contributed by atoms with Crippen LogP contribution in [0.1, 0.15) is 49.4 Å². The van der Waals surface area contributed by atoms with Crippen LogP contribution in [0.4, 0.5) is 11.4 Å². The Hall–Kier alpha value is -3.35. The standard InChI is InChI=1S/C23H27N3O4/c1-2-6-20(30-19-8-5-7-16(15-19)22(24)28)23(29)25-17-10-12-18(13-11-17)26-14-4-3-9-21(26)27/h5,7-8,10-13,15,20H,2-4,6,9,14H2,1H3,(H2,24,28)(H,25,29). The normalized spacial score (nSPS) is 14.8. The van der Waals surface area contributed by atoms with E-state index >= 15 is 0 Å². The summed E-state index contributed by atoms with van der Waals surface area (Å²) < 4.78 is 5.84. The molecule has 1 heterocycles. The second-order valence-corrected chi connectivity index (χ2v) is 7.33. The molecule has 0 spiro atoms. The molecular formula is C23H27N3O4. The molecule has 2 aromatic rings. The second kappa shape index (κ2) is 9.91. The van der Waals surface area contributed by atoms with Gasteiger partial charge in [-0.2, -0.15) is 0 Å². The third-order valence-electron chi connectivity index (χ3n) is 5.01. The zero-order valence-corrected chi connectivity index (χ0v) is 17.1. The van der Waals surface area contributed by atoms with Gasteiger partial charge in [-0.15, -0.1) is 0 Å². The molecule has 7 heteroatoms. The van der Waals surface area contributed by atoms with E-state index in [-0.39, 0.29) is 11.8 Å². The molecule has 1 unspecified atom stereocenters. The molecule has 1 saturated heterocycles.